The van der Waals surface area contributed by atoms with Crippen LogP contribution in [-0.2, 0) is 0 Å². The van der Waals surface area contributed by atoms with Gasteiger partial charge in [-0.15, -0.1) is 11.3 Å². The van der Waals surface area contributed by atoms with E-state index in [9.17, 15) is 9.18 Å². The van der Waals surface area contributed by atoms with Crippen LogP contribution in [-0.4, -0.2) is 36.1 Å². The van der Waals surface area contributed by atoms with Crippen molar-refractivity contribution in [3.05, 3.63) is 66.1 Å². The topological polar surface area (TPSA) is 45.2 Å². The first kappa shape index (κ1) is 16.7. The Labute approximate surface area is 155 Å². The molecule has 1 saturated heterocycles. The molecule has 0 saturated carbocycles. The summed E-state index contributed by atoms with van der Waals surface area (Å²) in [5.41, 5.74) is 3.28. The van der Waals surface area contributed by atoms with Crippen molar-refractivity contribution >= 4 is 17.4 Å². The van der Waals surface area contributed by atoms with Gasteiger partial charge in [-0.25, -0.2) is 14.2 Å². The van der Waals surface area contributed by atoms with Gasteiger partial charge in [-0.2, -0.15) is 0 Å². The Morgan fingerprint density at radius 2 is 1.77 bits per heavy atom. The number of nitrogens with zero attached hydrogens (tertiary/aromatic N) is 2. The van der Waals surface area contributed by atoms with Gasteiger partial charge in [0.25, 0.3) is 0 Å². The average Bonchev–Trinajstić information content (AvgIpc) is 3.11. The van der Waals surface area contributed by atoms with Gasteiger partial charge in [-0.05, 0) is 35.4 Å². The van der Waals surface area contributed by atoms with E-state index < -0.39 is 0 Å². The Morgan fingerprint density at radius 3 is 2.42 bits per heavy atom. The molecule has 132 valence electrons. The molecule has 0 spiro atoms. The minimum absolute atomic E-state index is 0.0177. The first-order chi connectivity index (χ1) is 12.6. The highest BCUT2D eigenvalue weighted by atomic mass is 32.1. The molecular formula is C20H18FN3OS. The molecule has 1 N–H and O–H groups in total. The molecule has 0 atom stereocenters. The lowest BCUT2D eigenvalue weighted by molar-refractivity contribution is 0.153. The number of aromatic nitrogens is 1. The van der Waals surface area contributed by atoms with Gasteiger partial charge in [0.15, 0.2) is 0 Å². The SMILES string of the molecule is CNC(=O)N1CC(c2ccc(-c3cnc(-c4ccc(F)cc4)s3)cc2)C1. The van der Waals surface area contributed by atoms with Crippen molar-refractivity contribution in [2.24, 2.45) is 0 Å². The maximum Gasteiger partial charge on any atom is 0.317 e. The van der Waals surface area contributed by atoms with E-state index in [1.165, 1.54) is 17.7 Å². The molecule has 0 unspecified atom stereocenters. The minimum Gasteiger partial charge on any atom is -0.341 e. The van der Waals surface area contributed by atoms with Crippen molar-refractivity contribution < 1.29 is 9.18 Å². The van der Waals surface area contributed by atoms with Crippen LogP contribution in [0.4, 0.5) is 9.18 Å². The highest BCUT2D eigenvalue weighted by Crippen LogP contribution is 2.34. The number of carbonyl (C=O) groups excluding carboxylic acids is 1. The molecule has 1 aromatic heterocycles. The van der Waals surface area contributed by atoms with Crippen molar-refractivity contribution in [1.82, 2.24) is 15.2 Å². The zero-order valence-electron chi connectivity index (χ0n) is 14.3. The third kappa shape index (κ3) is 3.20. The van der Waals surface area contributed by atoms with Gasteiger partial charge in [0, 0.05) is 37.8 Å². The normalized spacial score (nSPS) is 14.2. The molecule has 2 aromatic carbocycles. The lowest BCUT2D eigenvalue weighted by atomic mass is 9.91. The predicted octanol–water partition coefficient (Wildman–Crippen LogP) is 4.35. The van der Waals surface area contributed by atoms with Crippen LogP contribution in [0.5, 0.6) is 0 Å². The van der Waals surface area contributed by atoms with Gasteiger partial charge in [-0.1, -0.05) is 24.3 Å². The Balaban J connectivity index is 1.46. The third-order valence-electron chi connectivity index (χ3n) is 4.65. The molecule has 4 rings (SSSR count). The van der Waals surface area contributed by atoms with Crippen LogP contribution in [0, 0.1) is 5.82 Å². The summed E-state index contributed by atoms with van der Waals surface area (Å²) >= 11 is 1.59. The number of halogens is 1. The summed E-state index contributed by atoms with van der Waals surface area (Å²) in [6.45, 7) is 1.52. The van der Waals surface area contributed by atoms with Crippen LogP contribution < -0.4 is 5.32 Å². The quantitative estimate of drug-likeness (QED) is 0.748. The van der Waals surface area contributed by atoms with E-state index in [1.54, 1.807) is 35.4 Å². The van der Waals surface area contributed by atoms with E-state index in [2.05, 4.69) is 34.6 Å². The van der Waals surface area contributed by atoms with Crippen molar-refractivity contribution in [3.63, 3.8) is 0 Å². The Bertz CT molecular complexity index is 915. The summed E-state index contributed by atoms with van der Waals surface area (Å²) in [7, 11) is 1.65. The predicted molar refractivity (Wildman–Crippen MR) is 102 cm³/mol. The van der Waals surface area contributed by atoms with Crippen LogP contribution in [0.15, 0.2) is 54.7 Å². The molecule has 3 aromatic rings. The second-order valence-corrected chi connectivity index (χ2v) is 7.35. The van der Waals surface area contributed by atoms with E-state index in [0.29, 0.717) is 5.92 Å². The number of carbonyl (C=O) groups is 1. The van der Waals surface area contributed by atoms with Crippen LogP contribution in [0.2, 0.25) is 0 Å². The smallest absolute Gasteiger partial charge is 0.317 e. The molecule has 1 fully saturated rings. The molecule has 1 aliphatic rings. The van der Waals surface area contributed by atoms with Gasteiger partial charge >= 0.3 is 6.03 Å². The van der Waals surface area contributed by atoms with Crippen molar-refractivity contribution in [2.45, 2.75) is 5.92 Å². The van der Waals surface area contributed by atoms with Gasteiger partial charge < -0.3 is 10.2 Å². The number of likely N-dealkylation sites (tertiary alicyclic amines) is 1. The standard InChI is InChI=1S/C20H18FN3OS/c1-22-20(25)24-11-16(12-24)13-2-4-14(5-3-13)18-10-23-19(26-18)15-6-8-17(21)9-7-15/h2-10,16H,11-12H2,1H3,(H,22,25). The Morgan fingerprint density at radius 1 is 1.12 bits per heavy atom. The first-order valence-corrected chi connectivity index (χ1v) is 9.24. The molecule has 6 heteroatoms. The average molecular weight is 367 g/mol. The molecule has 1 aliphatic heterocycles. The van der Waals surface area contributed by atoms with Gasteiger partial charge in [0.05, 0.1) is 4.88 Å². The zero-order chi connectivity index (χ0) is 18.1. The highest BCUT2D eigenvalue weighted by molar-refractivity contribution is 7.18. The second-order valence-electron chi connectivity index (χ2n) is 6.32. The second kappa shape index (κ2) is 6.88. The lowest BCUT2D eigenvalue weighted by Gasteiger charge is -2.39. The molecule has 0 radical (unpaired) electrons. The number of hydrogen-bond acceptors (Lipinski definition) is 3. The fourth-order valence-electron chi connectivity index (χ4n) is 3.07. The number of rotatable bonds is 3. The third-order valence-corrected chi connectivity index (χ3v) is 5.74. The van der Waals surface area contributed by atoms with E-state index in [1.807, 2.05) is 6.20 Å². The lowest BCUT2D eigenvalue weighted by Crippen LogP contribution is -2.51. The summed E-state index contributed by atoms with van der Waals surface area (Å²) in [5.74, 6) is 0.157. The fourth-order valence-corrected chi connectivity index (χ4v) is 3.99. The highest BCUT2D eigenvalue weighted by Gasteiger charge is 2.31. The summed E-state index contributed by atoms with van der Waals surface area (Å²) in [6, 6.07) is 14.8. The van der Waals surface area contributed by atoms with E-state index >= 15 is 0 Å². The Hall–Kier alpha value is -2.73. The molecule has 26 heavy (non-hydrogen) atoms. The van der Waals surface area contributed by atoms with Crippen LogP contribution >= 0.6 is 11.3 Å². The maximum absolute atomic E-state index is 13.1. The summed E-state index contributed by atoms with van der Waals surface area (Å²) in [6.07, 6.45) is 1.86. The summed E-state index contributed by atoms with van der Waals surface area (Å²) < 4.78 is 13.1. The monoisotopic (exact) mass is 367 g/mol. The van der Waals surface area contributed by atoms with Crippen LogP contribution in [0.25, 0.3) is 21.0 Å². The van der Waals surface area contributed by atoms with Crippen LogP contribution in [0.3, 0.4) is 0 Å². The molecule has 0 aliphatic carbocycles. The number of urea groups is 1. The van der Waals surface area contributed by atoms with Crippen molar-refractivity contribution in [2.75, 3.05) is 20.1 Å². The van der Waals surface area contributed by atoms with Crippen molar-refractivity contribution in [3.8, 4) is 21.0 Å². The van der Waals surface area contributed by atoms with E-state index in [4.69, 9.17) is 0 Å². The molecule has 4 nitrogen and oxygen atoms in total. The minimum atomic E-state index is -0.243. The van der Waals surface area contributed by atoms with Gasteiger partial charge in [-0.3, -0.25) is 0 Å². The summed E-state index contributed by atoms with van der Waals surface area (Å²) in [4.78, 5) is 18.9. The Kier molecular flexibility index (Phi) is 4.42. The number of hydrogen-bond donors (Lipinski definition) is 1. The molecular weight excluding hydrogens is 349 g/mol. The number of thiazole rings is 1. The van der Waals surface area contributed by atoms with E-state index in [-0.39, 0.29) is 11.8 Å². The van der Waals surface area contributed by atoms with Crippen molar-refractivity contribution in [1.29, 1.82) is 0 Å². The molecule has 0 bridgehead atoms. The maximum atomic E-state index is 13.1. The number of nitrogens with one attached hydrogen (secondary N) is 1. The number of benzene rings is 2. The van der Waals surface area contributed by atoms with Gasteiger partial charge in [0.2, 0.25) is 0 Å². The fraction of sp³-hybridized carbons (Fsp3) is 0.200. The molecule has 2 heterocycles. The largest absolute Gasteiger partial charge is 0.341 e. The molecule has 2 amide bonds. The van der Waals surface area contributed by atoms with Gasteiger partial charge in [0.1, 0.15) is 10.8 Å². The zero-order valence-corrected chi connectivity index (χ0v) is 15.1. The first-order valence-electron chi connectivity index (χ1n) is 8.43. The van der Waals surface area contributed by atoms with Crippen LogP contribution in [0.1, 0.15) is 11.5 Å². The van der Waals surface area contributed by atoms with E-state index in [0.717, 1.165) is 34.1 Å². The number of amides is 2. The summed E-state index contributed by atoms with van der Waals surface area (Å²) in [5, 5.41) is 3.53.